The van der Waals surface area contributed by atoms with E-state index in [1.165, 1.54) is 0 Å². The molecule has 62 valence electrons. The smallest absolute Gasteiger partial charge is 0.199 e. The largest absolute Gasteiger partial charge is 0.291 e. The zero-order valence-electron chi connectivity index (χ0n) is 6.00. The number of nitrogens with zero attached hydrogens (tertiary/aromatic N) is 1. The lowest BCUT2D eigenvalue weighted by Gasteiger charge is -2.11. The summed E-state index contributed by atoms with van der Waals surface area (Å²) in [6.07, 6.45) is 0. The molecule has 0 saturated carbocycles. The van der Waals surface area contributed by atoms with Crippen molar-refractivity contribution >= 4 is 43.5 Å². The zero-order chi connectivity index (χ0) is 8.72. The van der Waals surface area contributed by atoms with E-state index in [-0.39, 0.29) is 10.7 Å². The SMILES string of the molecule is O=C1c2ccccc2N(Br)C1Br. The summed E-state index contributed by atoms with van der Waals surface area (Å²) in [7, 11) is 0. The predicted octanol–water partition coefficient (Wildman–Crippen LogP) is 2.72. The maximum absolute atomic E-state index is 11.5. The molecule has 1 aliphatic heterocycles. The Bertz CT molecular complexity index is 340. The number of para-hydroxylation sites is 1. The quantitative estimate of drug-likeness (QED) is 0.416. The molecule has 4 heteroatoms. The summed E-state index contributed by atoms with van der Waals surface area (Å²) in [6.45, 7) is 0. The van der Waals surface area contributed by atoms with Gasteiger partial charge in [0.05, 0.1) is 21.8 Å². The fraction of sp³-hybridized carbons (Fsp3) is 0.125. The number of ketones is 1. The van der Waals surface area contributed by atoms with Gasteiger partial charge in [0, 0.05) is 5.56 Å². The highest BCUT2D eigenvalue weighted by Crippen LogP contribution is 2.36. The van der Waals surface area contributed by atoms with E-state index in [0.29, 0.717) is 0 Å². The van der Waals surface area contributed by atoms with Gasteiger partial charge >= 0.3 is 0 Å². The van der Waals surface area contributed by atoms with Crippen molar-refractivity contribution in [2.75, 3.05) is 3.93 Å². The first kappa shape index (κ1) is 8.26. The molecule has 12 heavy (non-hydrogen) atoms. The summed E-state index contributed by atoms with van der Waals surface area (Å²) in [6, 6.07) is 7.50. The van der Waals surface area contributed by atoms with Crippen LogP contribution < -0.4 is 3.93 Å². The van der Waals surface area contributed by atoms with Gasteiger partial charge in [0.25, 0.3) is 0 Å². The van der Waals surface area contributed by atoms with E-state index in [4.69, 9.17) is 0 Å². The zero-order valence-corrected chi connectivity index (χ0v) is 9.17. The number of rotatable bonds is 0. The highest BCUT2D eigenvalue weighted by Gasteiger charge is 2.33. The van der Waals surface area contributed by atoms with Crippen molar-refractivity contribution in [2.45, 2.75) is 4.95 Å². The lowest BCUT2D eigenvalue weighted by Crippen LogP contribution is -2.19. The molecule has 0 fully saturated rings. The molecule has 0 saturated heterocycles. The van der Waals surface area contributed by atoms with Crippen LogP contribution in [0.5, 0.6) is 0 Å². The first-order valence-corrected chi connectivity index (χ1v) is 5.06. The molecule has 0 N–H and O–H groups in total. The lowest BCUT2D eigenvalue weighted by molar-refractivity contribution is 0.100. The van der Waals surface area contributed by atoms with Gasteiger partial charge in [0.15, 0.2) is 10.7 Å². The molecule has 1 atom stereocenters. The van der Waals surface area contributed by atoms with Crippen molar-refractivity contribution in [3.63, 3.8) is 0 Å². The third kappa shape index (κ3) is 1.02. The van der Waals surface area contributed by atoms with Gasteiger partial charge in [-0.15, -0.1) is 0 Å². The van der Waals surface area contributed by atoms with Crippen LogP contribution in [0.25, 0.3) is 0 Å². The monoisotopic (exact) mass is 289 g/mol. The third-order valence-electron chi connectivity index (χ3n) is 1.82. The molecule has 0 aromatic heterocycles. The topological polar surface area (TPSA) is 20.3 Å². The van der Waals surface area contributed by atoms with Crippen LogP contribution in [0.3, 0.4) is 0 Å². The molecular weight excluding hydrogens is 286 g/mol. The van der Waals surface area contributed by atoms with Crippen LogP contribution in [0.2, 0.25) is 0 Å². The standard InChI is InChI=1S/C8H5Br2NO/c9-8-7(12)5-3-1-2-4-6(5)11(8)10/h1-4,8H. The fourth-order valence-electron chi connectivity index (χ4n) is 1.22. The maximum atomic E-state index is 11.5. The average Bonchev–Trinajstić information content (AvgIpc) is 2.33. The number of Topliss-reactive ketones (excluding diaryl/α,β-unsaturated/α-hetero) is 1. The summed E-state index contributed by atoms with van der Waals surface area (Å²) in [4.78, 5) is 11.2. The molecule has 2 rings (SSSR count). The Morgan fingerprint density at radius 1 is 1.33 bits per heavy atom. The van der Waals surface area contributed by atoms with Crippen molar-refractivity contribution in [3.05, 3.63) is 29.8 Å². The Balaban J connectivity index is 2.59. The molecular formula is C8H5Br2NO. The van der Waals surface area contributed by atoms with E-state index < -0.39 is 0 Å². The second kappa shape index (κ2) is 2.85. The molecule has 0 bridgehead atoms. The van der Waals surface area contributed by atoms with Crippen LogP contribution in [-0.4, -0.2) is 10.7 Å². The summed E-state index contributed by atoms with van der Waals surface area (Å²) in [5.41, 5.74) is 1.68. The molecule has 0 radical (unpaired) electrons. The van der Waals surface area contributed by atoms with Crippen molar-refractivity contribution in [2.24, 2.45) is 0 Å². The molecule has 0 aliphatic carbocycles. The van der Waals surface area contributed by atoms with E-state index in [9.17, 15) is 4.79 Å². The molecule has 0 spiro atoms. The van der Waals surface area contributed by atoms with E-state index in [1.54, 1.807) is 3.93 Å². The summed E-state index contributed by atoms with van der Waals surface area (Å²) >= 11 is 6.59. The fourth-order valence-corrected chi connectivity index (χ4v) is 2.18. The predicted molar refractivity (Wildman–Crippen MR) is 54.9 cm³/mol. The minimum Gasteiger partial charge on any atom is -0.291 e. The molecule has 1 aliphatic rings. The Morgan fingerprint density at radius 3 is 2.67 bits per heavy atom. The number of halogens is 2. The highest BCUT2D eigenvalue weighted by molar-refractivity contribution is 9.12. The first-order valence-electron chi connectivity index (χ1n) is 3.44. The molecule has 2 nitrogen and oxygen atoms in total. The summed E-state index contributed by atoms with van der Waals surface area (Å²) < 4.78 is 1.74. The van der Waals surface area contributed by atoms with Gasteiger partial charge in [-0.1, -0.05) is 28.1 Å². The summed E-state index contributed by atoms with van der Waals surface area (Å²) in [5.74, 6) is 0.0995. The van der Waals surface area contributed by atoms with Crippen LogP contribution in [0.4, 0.5) is 5.69 Å². The summed E-state index contributed by atoms with van der Waals surface area (Å²) in [5, 5.41) is 0. The van der Waals surface area contributed by atoms with Gasteiger partial charge in [-0.2, -0.15) is 0 Å². The number of hydrogen-bond donors (Lipinski definition) is 0. The molecule has 1 aromatic carbocycles. The van der Waals surface area contributed by atoms with Gasteiger partial charge in [-0.05, 0) is 12.1 Å². The Labute approximate surface area is 87.0 Å². The van der Waals surface area contributed by atoms with E-state index in [0.717, 1.165) is 11.3 Å². The van der Waals surface area contributed by atoms with Gasteiger partial charge in [-0.25, -0.2) is 0 Å². The highest BCUT2D eigenvalue weighted by atomic mass is 79.9. The number of hydrogen-bond acceptors (Lipinski definition) is 2. The molecule has 1 heterocycles. The van der Waals surface area contributed by atoms with Crippen molar-refractivity contribution < 1.29 is 4.79 Å². The first-order chi connectivity index (χ1) is 5.72. The van der Waals surface area contributed by atoms with Gasteiger partial charge < -0.3 is 0 Å². The minimum atomic E-state index is -0.269. The van der Waals surface area contributed by atoms with Crippen LogP contribution >= 0.6 is 32.1 Å². The number of benzene rings is 1. The maximum Gasteiger partial charge on any atom is 0.199 e. The number of alkyl halides is 1. The number of carbonyl (C=O) groups excluding carboxylic acids is 1. The lowest BCUT2D eigenvalue weighted by atomic mass is 10.1. The van der Waals surface area contributed by atoms with Crippen LogP contribution in [-0.2, 0) is 0 Å². The second-order valence-corrected chi connectivity index (χ2v) is 4.16. The van der Waals surface area contributed by atoms with Gasteiger partial charge in [0.1, 0.15) is 0 Å². The van der Waals surface area contributed by atoms with Gasteiger partial charge in [-0.3, -0.25) is 8.72 Å². The molecule has 1 aromatic rings. The Morgan fingerprint density at radius 2 is 2.00 bits per heavy atom. The van der Waals surface area contributed by atoms with E-state index in [2.05, 4.69) is 32.1 Å². The number of carbonyl (C=O) groups is 1. The van der Waals surface area contributed by atoms with Crippen LogP contribution in [0.15, 0.2) is 24.3 Å². The molecule has 0 amide bonds. The number of fused-ring (bicyclic) bond motifs is 1. The van der Waals surface area contributed by atoms with Crippen molar-refractivity contribution in [3.8, 4) is 0 Å². The molecule has 1 unspecified atom stereocenters. The number of anilines is 1. The van der Waals surface area contributed by atoms with Crippen LogP contribution in [0, 0.1) is 0 Å². The van der Waals surface area contributed by atoms with Crippen LogP contribution in [0.1, 0.15) is 10.4 Å². The Hall–Kier alpha value is -0.350. The van der Waals surface area contributed by atoms with Gasteiger partial charge in [0.2, 0.25) is 0 Å². The van der Waals surface area contributed by atoms with E-state index in [1.807, 2.05) is 24.3 Å². The van der Waals surface area contributed by atoms with Crippen molar-refractivity contribution in [1.29, 1.82) is 0 Å². The van der Waals surface area contributed by atoms with Crippen molar-refractivity contribution in [1.82, 2.24) is 0 Å². The Kier molecular flexibility index (Phi) is 1.96. The minimum absolute atomic E-state index is 0.0995. The van der Waals surface area contributed by atoms with E-state index >= 15 is 0 Å². The normalized spacial score (nSPS) is 21.3. The second-order valence-electron chi connectivity index (χ2n) is 2.53. The third-order valence-corrected chi connectivity index (χ3v) is 3.98. The average molecular weight is 291 g/mol.